The van der Waals surface area contributed by atoms with Crippen LogP contribution in [-0.4, -0.2) is 38.1 Å². The zero-order chi connectivity index (χ0) is 17.5. The highest BCUT2D eigenvalue weighted by Crippen LogP contribution is 2.19. The molecule has 5 heteroatoms. The van der Waals surface area contributed by atoms with Crippen molar-refractivity contribution in [2.75, 3.05) is 32.6 Å². The number of rotatable bonds is 7. The van der Waals surface area contributed by atoms with Gasteiger partial charge >= 0.3 is 0 Å². The third kappa shape index (κ3) is 5.55. The average Bonchev–Trinajstić information content (AvgIpc) is 2.55. The summed E-state index contributed by atoms with van der Waals surface area (Å²) in [5.74, 6) is 0.613. The fraction of sp³-hybridized carbons (Fsp3) is 0.316. The third-order valence-electron chi connectivity index (χ3n) is 3.56. The van der Waals surface area contributed by atoms with Gasteiger partial charge in [0.2, 0.25) is 0 Å². The summed E-state index contributed by atoms with van der Waals surface area (Å²) < 4.78 is 5.67. The number of nitrogens with zero attached hydrogens (tertiary/aromatic N) is 1. The Morgan fingerprint density at radius 3 is 2.50 bits per heavy atom. The number of carbonyl (C=O) groups excluding carboxylic acids is 1. The lowest BCUT2D eigenvalue weighted by Gasteiger charge is -2.11. The van der Waals surface area contributed by atoms with E-state index >= 15 is 0 Å². The number of hydrogen-bond acceptors (Lipinski definition) is 3. The van der Waals surface area contributed by atoms with Crippen LogP contribution in [0.25, 0.3) is 0 Å². The minimum atomic E-state index is -0.184. The quantitative estimate of drug-likeness (QED) is 0.763. The van der Waals surface area contributed by atoms with Crippen LogP contribution in [0.3, 0.4) is 0 Å². The van der Waals surface area contributed by atoms with Crippen molar-refractivity contribution in [1.29, 1.82) is 0 Å². The highest BCUT2D eigenvalue weighted by atomic mass is 35.5. The van der Waals surface area contributed by atoms with E-state index in [2.05, 4.69) is 10.2 Å². The number of benzene rings is 2. The molecule has 0 fully saturated rings. The fourth-order valence-corrected chi connectivity index (χ4v) is 2.32. The van der Waals surface area contributed by atoms with Crippen molar-refractivity contribution in [3.8, 4) is 5.75 Å². The van der Waals surface area contributed by atoms with Gasteiger partial charge in [-0.05, 0) is 69.4 Å². The maximum atomic E-state index is 12.2. The molecule has 0 aliphatic heterocycles. The van der Waals surface area contributed by atoms with E-state index in [1.54, 1.807) is 12.1 Å². The lowest BCUT2D eigenvalue weighted by Crippen LogP contribution is -2.15. The molecule has 0 spiro atoms. The number of halogens is 1. The Morgan fingerprint density at radius 2 is 1.88 bits per heavy atom. The van der Waals surface area contributed by atoms with Gasteiger partial charge in [0, 0.05) is 22.8 Å². The van der Waals surface area contributed by atoms with Crippen molar-refractivity contribution in [2.24, 2.45) is 0 Å². The standard InChI is InChI=1S/C19H23ClN2O2/c1-14-5-6-15(13-18(14)20)19(23)21-16-7-9-17(10-8-16)24-12-4-11-22(2)3/h5-10,13H,4,11-12H2,1-3H3,(H,21,23). The molecule has 24 heavy (non-hydrogen) atoms. The average molecular weight is 347 g/mol. The molecular formula is C19H23ClN2O2. The SMILES string of the molecule is Cc1ccc(C(=O)Nc2ccc(OCCCN(C)C)cc2)cc1Cl. The van der Waals surface area contributed by atoms with Crippen molar-refractivity contribution in [3.63, 3.8) is 0 Å². The Bertz CT molecular complexity index is 684. The van der Waals surface area contributed by atoms with Gasteiger partial charge < -0.3 is 15.0 Å². The maximum Gasteiger partial charge on any atom is 0.255 e. The highest BCUT2D eigenvalue weighted by molar-refractivity contribution is 6.31. The first-order valence-electron chi connectivity index (χ1n) is 7.91. The van der Waals surface area contributed by atoms with Gasteiger partial charge in [0.1, 0.15) is 5.75 Å². The van der Waals surface area contributed by atoms with Gasteiger partial charge in [-0.3, -0.25) is 4.79 Å². The number of carbonyl (C=O) groups is 1. The van der Waals surface area contributed by atoms with Gasteiger partial charge in [-0.1, -0.05) is 17.7 Å². The Labute approximate surface area is 148 Å². The monoisotopic (exact) mass is 346 g/mol. The van der Waals surface area contributed by atoms with Crippen LogP contribution in [0.5, 0.6) is 5.75 Å². The number of hydrogen-bond donors (Lipinski definition) is 1. The first-order valence-corrected chi connectivity index (χ1v) is 8.28. The van der Waals surface area contributed by atoms with Crippen LogP contribution in [0.2, 0.25) is 5.02 Å². The molecule has 0 radical (unpaired) electrons. The van der Waals surface area contributed by atoms with Gasteiger partial charge in [0.15, 0.2) is 0 Å². The molecule has 0 saturated carbocycles. The summed E-state index contributed by atoms with van der Waals surface area (Å²) in [6, 6.07) is 12.6. The molecule has 1 amide bonds. The number of aryl methyl sites for hydroxylation is 1. The molecule has 0 atom stereocenters. The Morgan fingerprint density at radius 1 is 1.17 bits per heavy atom. The molecule has 0 aliphatic rings. The van der Waals surface area contributed by atoms with E-state index in [-0.39, 0.29) is 5.91 Å². The molecule has 0 aromatic heterocycles. The maximum absolute atomic E-state index is 12.2. The van der Waals surface area contributed by atoms with Crippen molar-refractivity contribution in [1.82, 2.24) is 4.90 Å². The first-order chi connectivity index (χ1) is 11.5. The zero-order valence-electron chi connectivity index (χ0n) is 14.3. The molecule has 0 unspecified atom stereocenters. The summed E-state index contributed by atoms with van der Waals surface area (Å²) in [4.78, 5) is 14.4. The summed E-state index contributed by atoms with van der Waals surface area (Å²) in [5, 5.41) is 3.44. The van der Waals surface area contributed by atoms with Crippen LogP contribution in [0.15, 0.2) is 42.5 Å². The number of amides is 1. The number of nitrogens with one attached hydrogen (secondary N) is 1. The Balaban J connectivity index is 1.88. The topological polar surface area (TPSA) is 41.6 Å². The van der Waals surface area contributed by atoms with E-state index in [0.29, 0.717) is 17.2 Å². The predicted molar refractivity (Wildman–Crippen MR) is 99.3 cm³/mol. The van der Waals surface area contributed by atoms with Crippen LogP contribution in [0, 0.1) is 6.92 Å². The van der Waals surface area contributed by atoms with Crippen LogP contribution in [0.1, 0.15) is 22.3 Å². The Kier molecular flexibility index (Phi) is 6.64. The molecule has 0 bridgehead atoms. The van der Waals surface area contributed by atoms with E-state index in [9.17, 15) is 4.79 Å². The highest BCUT2D eigenvalue weighted by Gasteiger charge is 2.08. The minimum absolute atomic E-state index is 0.184. The summed E-state index contributed by atoms with van der Waals surface area (Å²) >= 11 is 6.06. The molecule has 0 aliphatic carbocycles. The van der Waals surface area contributed by atoms with Gasteiger partial charge in [0.05, 0.1) is 6.61 Å². The van der Waals surface area contributed by atoms with Crippen LogP contribution < -0.4 is 10.1 Å². The molecule has 4 nitrogen and oxygen atoms in total. The second-order valence-corrected chi connectivity index (χ2v) is 6.35. The first kappa shape index (κ1) is 18.3. The predicted octanol–water partition coefficient (Wildman–Crippen LogP) is 4.23. The van der Waals surface area contributed by atoms with Crippen molar-refractivity contribution < 1.29 is 9.53 Å². The molecule has 2 aromatic carbocycles. The summed E-state index contributed by atoms with van der Waals surface area (Å²) in [5.41, 5.74) is 2.20. The van der Waals surface area contributed by atoms with E-state index in [4.69, 9.17) is 16.3 Å². The minimum Gasteiger partial charge on any atom is -0.494 e. The molecule has 0 saturated heterocycles. The van der Waals surface area contributed by atoms with Crippen molar-refractivity contribution in [2.45, 2.75) is 13.3 Å². The molecule has 1 N–H and O–H groups in total. The third-order valence-corrected chi connectivity index (χ3v) is 3.97. The normalized spacial score (nSPS) is 10.7. The van der Waals surface area contributed by atoms with Crippen molar-refractivity contribution in [3.05, 3.63) is 58.6 Å². The molecule has 0 heterocycles. The number of ether oxygens (including phenoxy) is 1. The zero-order valence-corrected chi connectivity index (χ0v) is 15.1. The molecule has 2 rings (SSSR count). The Hall–Kier alpha value is -2.04. The smallest absolute Gasteiger partial charge is 0.255 e. The van der Waals surface area contributed by atoms with Gasteiger partial charge in [-0.25, -0.2) is 0 Å². The summed E-state index contributed by atoms with van der Waals surface area (Å²) in [6.45, 7) is 3.57. The van der Waals surface area contributed by atoms with Crippen LogP contribution >= 0.6 is 11.6 Å². The van der Waals surface area contributed by atoms with Gasteiger partial charge in [-0.15, -0.1) is 0 Å². The molecule has 128 valence electrons. The van der Waals surface area contributed by atoms with Crippen LogP contribution in [-0.2, 0) is 0 Å². The summed E-state index contributed by atoms with van der Waals surface area (Å²) in [7, 11) is 4.08. The van der Waals surface area contributed by atoms with Crippen molar-refractivity contribution >= 4 is 23.2 Å². The number of anilines is 1. The lowest BCUT2D eigenvalue weighted by atomic mass is 10.1. The summed E-state index contributed by atoms with van der Waals surface area (Å²) in [6.07, 6.45) is 0.972. The second kappa shape index (κ2) is 8.71. The van der Waals surface area contributed by atoms with Gasteiger partial charge in [-0.2, -0.15) is 0 Å². The van der Waals surface area contributed by atoms with E-state index in [1.807, 2.05) is 51.4 Å². The molecule has 2 aromatic rings. The second-order valence-electron chi connectivity index (χ2n) is 5.95. The van der Waals surface area contributed by atoms with E-state index in [0.717, 1.165) is 30.0 Å². The van der Waals surface area contributed by atoms with E-state index < -0.39 is 0 Å². The van der Waals surface area contributed by atoms with Gasteiger partial charge in [0.25, 0.3) is 5.91 Å². The lowest BCUT2D eigenvalue weighted by molar-refractivity contribution is 0.102. The van der Waals surface area contributed by atoms with E-state index in [1.165, 1.54) is 0 Å². The molecular weight excluding hydrogens is 324 g/mol. The van der Waals surface area contributed by atoms with Crippen LogP contribution in [0.4, 0.5) is 5.69 Å². The largest absolute Gasteiger partial charge is 0.494 e. The fourth-order valence-electron chi connectivity index (χ4n) is 2.14.